The highest BCUT2D eigenvalue weighted by molar-refractivity contribution is 5.89. The molecule has 0 amide bonds. The van der Waals surface area contributed by atoms with Gasteiger partial charge in [0.25, 0.3) is 0 Å². The zero-order valence-electron chi connectivity index (χ0n) is 13.2. The summed E-state index contributed by atoms with van der Waals surface area (Å²) in [6, 6.07) is 13.4. The standard InChI is InChI=1S/C19H20N2O2/c1-14-12-16(19(22)23)6-9-18(14)20-13-15-4-7-17(8-5-15)21-10-2-3-11-21/h4-9,12-13H,2-3,10-11H2,1H3,(H,22,23). The highest BCUT2D eigenvalue weighted by Gasteiger charge is 2.11. The maximum absolute atomic E-state index is 10.9. The van der Waals surface area contributed by atoms with Gasteiger partial charge in [0.2, 0.25) is 0 Å². The van der Waals surface area contributed by atoms with Gasteiger partial charge < -0.3 is 10.0 Å². The predicted molar refractivity (Wildman–Crippen MR) is 93.3 cm³/mol. The number of benzene rings is 2. The predicted octanol–water partition coefficient (Wildman–Crippen LogP) is 4.04. The van der Waals surface area contributed by atoms with Gasteiger partial charge in [-0.05, 0) is 61.2 Å². The summed E-state index contributed by atoms with van der Waals surface area (Å²) in [6.45, 7) is 4.15. The molecule has 0 bridgehead atoms. The number of hydrogen-bond acceptors (Lipinski definition) is 3. The third-order valence-corrected chi connectivity index (χ3v) is 4.16. The van der Waals surface area contributed by atoms with Gasteiger partial charge >= 0.3 is 5.97 Å². The molecule has 0 aromatic heterocycles. The number of aromatic carboxylic acids is 1. The average molecular weight is 308 g/mol. The maximum atomic E-state index is 10.9. The van der Waals surface area contributed by atoms with E-state index in [1.807, 2.05) is 13.1 Å². The van der Waals surface area contributed by atoms with E-state index in [1.54, 1.807) is 18.2 Å². The molecule has 4 nitrogen and oxygen atoms in total. The molecule has 1 N–H and O–H groups in total. The van der Waals surface area contributed by atoms with Crippen molar-refractivity contribution in [2.75, 3.05) is 18.0 Å². The van der Waals surface area contributed by atoms with Crippen LogP contribution in [0.1, 0.15) is 34.3 Å². The zero-order chi connectivity index (χ0) is 16.2. The number of carbonyl (C=O) groups is 1. The van der Waals surface area contributed by atoms with E-state index in [-0.39, 0.29) is 5.56 Å². The van der Waals surface area contributed by atoms with Crippen LogP contribution < -0.4 is 4.90 Å². The van der Waals surface area contributed by atoms with Crippen molar-refractivity contribution >= 4 is 23.6 Å². The Morgan fingerprint density at radius 2 is 1.83 bits per heavy atom. The summed E-state index contributed by atoms with van der Waals surface area (Å²) in [5.41, 5.74) is 4.24. The Kier molecular flexibility index (Phi) is 4.42. The SMILES string of the molecule is Cc1cc(C(=O)O)ccc1N=Cc1ccc(N2CCCC2)cc1. The smallest absolute Gasteiger partial charge is 0.335 e. The van der Waals surface area contributed by atoms with E-state index in [0.29, 0.717) is 0 Å². The first-order valence-electron chi connectivity index (χ1n) is 7.86. The molecular formula is C19H20N2O2. The first-order chi connectivity index (χ1) is 11.1. The van der Waals surface area contributed by atoms with Crippen molar-refractivity contribution < 1.29 is 9.90 Å². The van der Waals surface area contributed by atoms with Gasteiger partial charge in [0, 0.05) is 25.0 Å². The van der Waals surface area contributed by atoms with Gasteiger partial charge in [0.15, 0.2) is 0 Å². The lowest BCUT2D eigenvalue weighted by Crippen LogP contribution is -2.17. The third kappa shape index (κ3) is 3.59. The van der Waals surface area contributed by atoms with Crippen molar-refractivity contribution in [2.45, 2.75) is 19.8 Å². The van der Waals surface area contributed by atoms with Gasteiger partial charge in [0.1, 0.15) is 0 Å². The Bertz CT molecular complexity index is 730. The van der Waals surface area contributed by atoms with Crippen LogP contribution in [0.2, 0.25) is 0 Å². The topological polar surface area (TPSA) is 52.9 Å². The van der Waals surface area contributed by atoms with Crippen molar-refractivity contribution in [3.63, 3.8) is 0 Å². The fourth-order valence-corrected chi connectivity index (χ4v) is 2.82. The molecule has 0 radical (unpaired) electrons. The molecule has 2 aromatic rings. The quantitative estimate of drug-likeness (QED) is 0.867. The van der Waals surface area contributed by atoms with E-state index in [1.165, 1.54) is 18.5 Å². The number of aliphatic imine (C=N–C) groups is 1. The van der Waals surface area contributed by atoms with Crippen molar-refractivity contribution in [3.8, 4) is 0 Å². The average Bonchev–Trinajstić information content (AvgIpc) is 3.08. The Balaban J connectivity index is 1.73. The lowest BCUT2D eigenvalue weighted by Gasteiger charge is -2.17. The molecule has 0 atom stereocenters. The summed E-state index contributed by atoms with van der Waals surface area (Å²) in [7, 11) is 0. The van der Waals surface area contributed by atoms with Crippen LogP contribution in [0.3, 0.4) is 0 Å². The third-order valence-electron chi connectivity index (χ3n) is 4.16. The lowest BCUT2D eigenvalue weighted by molar-refractivity contribution is 0.0697. The monoisotopic (exact) mass is 308 g/mol. The number of nitrogens with zero attached hydrogens (tertiary/aromatic N) is 2. The molecule has 1 aliphatic heterocycles. The second-order valence-electron chi connectivity index (χ2n) is 5.85. The largest absolute Gasteiger partial charge is 0.478 e. The number of rotatable bonds is 4. The summed E-state index contributed by atoms with van der Waals surface area (Å²) in [5, 5.41) is 8.98. The van der Waals surface area contributed by atoms with Crippen molar-refractivity contribution in [2.24, 2.45) is 4.99 Å². The van der Waals surface area contributed by atoms with Gasteiger partial charge in [-0.3, -0.25) is 4.99 Å². The molecule has 3 rings (SSSR count). The fraction of sp³-hybridized carbons (Fsp3) is 0.263. The lowest BCUT2D eigenvalue weighted by atomic mass is 10.1. The maximum Gasteiger partial charge on any atom is 0.335 e. The molecule has 4 heteroatoms. The van der Waals surface area contributed by atoms with Crippen LogP contribution >= 0.6 is 0 Å². The minimum Gasteiger partial charge on any atom is -0.478 e. The van der Waals surface area contributed by atoms with Crippen molar-refractivity contribution in [1.29, 1.82) is 0 Å². The Morgan fingerprint density at radius 1 is 1.13 bits per heavy atom. The van der Waals surface area contributed by atoms with E-state index >= 15 is 0 Å². The molecule has 118 valence electrons. The summed E-state index contributed by atoms with van der Waals surface area (Å²) in [6.07, 6.45) is 4.36. The van der Waals surface area contributed by atoms with Crippen molar-refractivity contribution in [1.82, 2.24) is 0 Å². The molecular weight excluding hydrogens is 288 g/mol. The zero-order valence-corrected chi connectivity index (χ0v) is 13.2. The second-order valence-corrected chi connectivity index (χ2v) is 5.85. The molecule has 2 aromatic carbocycles. The van der Waals surface area contributed by atoms with Gasteiger partial charge in [0.05, 0.1) is 11.3 Å². The molecule has 23 heavy (non-hydrogen) atoms. The van der Waals surface area contributed by atoms with Crippen LogP contribution in [-0.2, 0) is 0 Å². The highest BCUT2D eigenvalue weighted by atomic mass is 16.4. The number of aryl methyl sites for hydroxylation is 1. The van der Waals surface area contributed by atoms with E-state index in [2.05, 4.69) is 34.2 Å². The molecule has 1 aliphatic rings. The van der Waals surface area contributed by atoms with Crippen LogP contribution in [0.4, 0.5) is 11.4 Å². The molecule has 0 spiro atoms. The van der Waals surface area contributed by atoms with Gasteiger partial charge in [-0.1, -0.05) is 12.1 Å². The Labute approximate surface area is 136 Å². The first-order valence-corrected chi connectivity index (χ1v) is 7.86. The molecule has 0 saturated carbocycles. The highest BCUT2D eigenvalue weighted by Crippen LogP contribution is 2.22. The molecule has 0 unspecified atom stereocenters. The van der Waals surface area contributed by atoms with Gasteiger partial charge in [-0.15, -0.1) is 0 Å². The summed E-state index contributed by atoms with van der Waals surface area (Å²) >= 11 is 0. The van der Waals surface area contributed by atoms with E-state index < -0.39 is 5.97 Å². The van der Waals surface area contributed by atoms with E-state index in [0.717, 1.165) is 29.9 Å². The molecule has 1 saturated heterocycles. The molecule has 1 fully saturated rings. The number of anilines is 1. The number of carboxylic acids is 1. The van der Waals surface area contributed by atoms with Crippen LogP contribution in [0, 0.1) is 6.92 Å². The molecule has 1 heterocycles. The summed E-state index contributed by atoms with van der Waals surface area (Å²) in [4.78, 5) is 17.8. The van der Waals surface area contributed by atoms with E-state index in [9.17, 15) is 4.79 Å². The second kappa shape index (κ2) is 6.65. The van der Waals surface area contributed by atoms with Crippen LogP contribution in [-0.4, -0.2) is 30.4 Å². The van der Waals surface area contributed by atoms with Crippen molar-refractivity contribution in [3.05, 3.63) is 59.2 Å². The van der Waals surface area contributed by atoms with Crippen LogP contribution in [0.5, 0.6) is 0 Å². The first kappa shape index (κ1) is 15.3. The van der Waals surface area contributed by atoms with Gasteiger partial charge in [-0.25, -0.2) is 4.79 Å². The van der Waals surface area contributed by atoms with Crippen LogP contribution in [0.15, 0.2) is 47.5 Å². The minimum atomic E-state index is -0.916. The summed E-state index contributed by atoms with van der Waals surface area (Å²) in [5.74, 6) is -0.916. The van der Waals surface area contributed by atoms with E-state index in [4.69, 9.17) is 5.11 Å². The number of carboxylic acid groups (broad SMARTS) is 1. The fourth-order valence-electron chi connectivity index (χ4n) is 2.82. The Hall–Kier alpha value is -2.62. The van der Waals surface area contributed by atoms with Crippen LogP contribution in [0.25, 0.3) is 0 Å². The van der Waals surface area contributed by atoms with Gasteiger partial charge in [-0.2, -0.15) is 0 Å². The minimum absolute atomic E-state index is 0.288. The molecule has 0 aliphatic carbocycles. The number of hydrogen-bond donors (Lipinski definition) is 1. The Morgan fingerprint density at radius 3 is 2.43 bits per heavy atom. The normalized spacial score (nSPS) is 14.6. The summed E-state index contributed by atoms with van der Waals surface area (Å²) < 4.78 is 0.